The van der Waals surface area contributed by atoms with Crippen molar-refractivity contribution >= 4 is 39.1 Å². The molecule has 2 amide bonds. The Morgan fingerprint density at radius 3 is 2.44 bits per heavy atom. The second-order valence-corrected chi connectivity index (χ2v) is 8.89. The second-order valence-electron chi connectivity index (χ2n) is 7.89. The number of aryl methyl sites for hydroxylation is 2. The number of thiophene rings is 1. The van der Waals surface area contributed by atoms with Gasteiger partial charge in [-0.05, 0) is 31.5 Å². The molecule has 15 heteroatoms. The van der Waals surface area contributed by atoms with Crippen molar-refractivity contribution in [2.24, 2.45) is 12.8 Å². The van der Waals surface area contributed by atoms with E-state index in [1.807, 2.05) is 0 Å². The summed E-state index contributed by atoms with van der Waals surface area (Å²) in [6.45, 7) is 2.20. The molecule has 4 rings (SSSR count). The van der Waals surface area contributed by atoms with Crippen molar-refractivity contribution in [2.75, 3.05) is 5.32 Å². The number of amides is 2. The Labute approximate surface area is 203 Å². The van der Waals surface area contributed by atoms with Gasteiger partial charge in [0.1, 0.15) is 27.6 Å². The lowest BCUT2D eigenvalue weighted by Crippen LogP contribution is -2.24. The fraction of sp³-hybridized carbons (Fsp3) is 0.286. The zero-order chi connectivity index (χ0) is 26.5. The Morgan fingerprint density at radius 1 is 1.19 bits per heavy atom. The minimum Gasteiger partial charge on any atom is -0.365 e. The molecule has 9 nitrogen and oxygen atoms in total. The van der Waals surface area contributed by atoms with Crippen LogP contribution in [0.1, 0.15) is 38.9 Å². The van der Waals surface area contributed by atoms with E-state index in [9.17, 15) is 31.5 Å². The Balaban J connectivity index is 1.86. The van der Waals surface area contributed by atoms with Crippen LogP contribution < -0.4 is 11.1 Å². The van der Waals surface area contributed by atoms with E-state index in [0.29, 0.717) is 27.3 Å². The topological polar surface area (TPSA) is 121 Å². The molecule has 190 valence electrons. The molecule has 0 aliphatic carbocycles. The number of nitrogens with two attached hydrogens (primary N) is 1. The molecule has 4 aromatic rings. The summed E-state index contributed by atoms with van der Waals surface area (Å²) in [5.74, 6) is -1.93. The van der Waals surface area contributed by atoms with Crippen LogP contribution in [0.25, 0.3) is 21.3 Å². The highest BCUT2D eigenvalue weighted by Crippen LogP contribution is 2.43. The number of carbonyl (C=O) groups is 2. The number of hydrogen-bond donors (Lipinski definition) is 2. The summed E-state index contributed by atoms with van der Waals surface area (Å²) in [6, 6.07) is 1.91. The third-order valence-electron chi connectivity index (χ3n) is 5.41. The van der Waals surface area contributed by atoms with E-state index in [1.54, 1.807) is 14.0 Å². The van der Waals surface area contributed by atoms with Crippen molar-refractivity contribution < 1.29 is 31.5 Å². The predicted octanol–water partition coefficient (Wildman–Crippen LogP) is 4.20. The summed E-state index contributed by atoms with van der Waals surface area (Å²) in [5, 5.41) is 10.4. The van der Waals surface area contributed by atoms with Gasteiger partial charge in [-0.15, -0.1) is 11.3 Å². The first kappa shape index (κ1) is 25.2. The highest BCUT2D eigenvalue weighted by Gasteiger charge is 2.36. The number of nitrogens with zero attached hydrogens (tertiary/aromatic N) is 5. The summed E-state index contributed by atoms with van der Waals surface area (Å²) in [7, 11) is 1.64. The number of carbonyl (C=O) groups excluding carboxylic acids is 2. The Bertz CT molecular complexity index is 1500. The van der Waals surface area contributed by atoms with Crippen molar-refractivity contribution in [3.8, 4) is 11.1 Å². The van der Waals surface area contributed by atoms with Gasteiger partial charge in [0.05, 0.1) is 17.6 Å². The van der Waals surface area contributed by atoms with E-state index in [0.717, 1.165) is 12.1 Å². The van der Waals surface area contributed by atoms with Crippen molar-refractivity contribution in [1.29, 1.82) is 0 Å². The highest BCUT2D eigenvalue weighted by atomic mass is 32.1. The average Bonchev–Trinajstić information content (AvgIpc) is 3.43. The van der Waals surface area contributed by atoms with Crippen LogP contribution in [-0.2, 0) is 24.6 Å². The number of anilines is 1. The van der Waals surface area contributed by atoms with Crippen LogP contribution in [0, 0.1) is 13.8 Å². The van der Waals surface area contributed by atoms with Gasteiger partial charge in [0.15, 0.2) is 0 Å². The first-order valence-corrected chi connectivity index (χ1v) is 11.1. The molecule has 0 aliphatic heterocycles. The van der Waals surface area contributed by atoms with Crippen molar-refractivity contribution in [2.45, 2.75) is 33.0 Å². The Kier molecular flexibility index (Phi) is 6.28. The number of fused-ring (bicyclic) bond motifs is 1. The van der Waals surface area contributed by atoms with E-state index in [1.165, 1.54) is 17.8 Å². The quantitative estimate of drug-likeness (QED) is 0.364. The summed E-state index contributed by atoms with van der Waals surface area (Å²) >= 11 is 0.682. The molecule has 0 saturated heterocycles. The fourth-order valence-electron chi connectivity index (χ4n) is 3.71. The molecule has 0 fully saturated rings. The second kappa shape index (κ2) is 8.96. The summed E-state index contributed by atoms with van der Waals surface area (Å²) in [5.41, 5.74) is 4.90. The summed E-state index contributed by atoms with van der Waals surface area (Å²) in [4.78, 5) is 28.7. The molecule has 0 aromatic carbocycles. The largest absolute Gasteiger partial charge is 0.433 e. The number of alkyl halides is 5. The molecule has 0 bridgehead atoms. The maximum atomic E-state index is 13.6. The van der Waals surface area contributed by atoms with Crippen LogP contribution in [0.3, 0.4) is 0 Å². The number of rotatable bonds is 6. The maximum absolute atomic E-state index is 13.6. The van der Waals surface area contributed by atoms with Gasteiger partial charge in [-0.25, -0.2) is 13.8 Å². The molecule has 0 spiro atoms. The third-order valence-corrected chi connectivity index (χ3v) is 6.50. The molecule has 4 heterocycles. The Morgan fingerprint density at radius 2 is 1.89 bits per heavy atom. The van der Waals surface area contributed by atoms with E-state index >= 15 is 0 Å². The van der Waals surface area contributed by atoms with Gasteiger partial charge in [-0.1, -0.05) is 0 Å². The van der Waals surface area contributed by atoms with Crippen molar-refractivity contribution in [1.82, 2.24) is 24.5 Å². The third kappa shape index (κ3) is 4.53. The minimum absolute atomic E-state index is 0.0129. The van der Waals surface area contributed by atoms with Crippen molar-refractivity contribution in [3.63, 3.8) is 0 Å². The number of halogens is 5. The molecule has 3 N–H and O–H groups in total. The minimum atomic E-state index is -4.75. The zero-order valence-electron chi connectivity index (χ0n) is 18.9. The van der Waals surface area contributed by atoms with Crippen molar-refractivity contribution in [3.05, 3.63) is 46.0 Å². The standard InChI is InChI=1S/C21H18F5N7O2S/c1-8-4-13(21(24,25)26)33(31-8)7-14(34)30-16-15-10(11-6-28-32(3)9(11)2)5-12(18(22)23)29-20(15)36-17(16)19(27)35/h4-6,18H,7H2,1-3H3,(H2,27,35)(H,30,34). The molecular weight excluding hydrogens is 509 g/mol. The number of nitrogens with one attached hydrogen (secondary N) is 1. The lowest BCUT2D eigenvalue weighted by molar-refractivity contribution is -0.144. The van der Waals surface area contributed by atoms with Crippen LogP contribution >= 0.6 is 11.3 Å². The zero-order valence-corrected chi connectivity index (χ0v) is 19.8. The molecule has 36 heavy (non-hydrogen) atoms. The normalized spacial score (nSPS) is 12.0. The molecule has 4 aromatic heterocycles. The molecular formula is C21H18F5N7O2S. The maximum Gasteiger partial charge on any atom is 0.433 e. The van der Waals surface area contributed by atoms with Crippen LogP contribution in [0.15, 0.2) is 18.3 Å². The summed E-state index contributed by atoms with van der Waals surface area (Å²) < 4.78 is 69.2. The van der Waals surface area contributed by atoms with E-state index in [-0.39, 0.29) is 32.0 Å². The van der Waals surface area contributed by atoms with E-state index in [2.05, 4.69) is 20.5 Å². The van der Waals surface area contributed by atoms with Gasteiger partial charge < -0.3 is 11.1 Å². The van der Waals surface area contributed by atoms with Gasteiger partial charge in [0.2, 0.25) is 5.91 Å². The van der Waals surface area contributed by atoms with Crippen LogP contribution in [0.4, 0.5) is 27.6 Å². The van der Waals surface area contributed by atoms with Gasteiger partial charge in [0, 0.05) is 23.7 Å². The number of pyridine rings is 1. The van der Waals surface area contributed by atoms with Gasteiger partial charge in [-0.2, -0.15) is 23.4 Å². The van der Waals surface area contributed by atoms with E-state index in [4.69, 9.17) is 5.73 Å². The monoisotopic (exact) mass is 527 g/mol. The predicted molar refractivity (Wildman–Crippen MR) is 121 cm³/mol. The van der Waals surface area contributed by atoms with E-state index < -0.39 is 42.3 Å². The lowest BCUT2D eigenvalue weighted by atomic mass is 10.0. The SMILES string of the molecule is Cc1cc(C(F)(F)F)n(CC(=O)Nc2c(C(N)=O)sc3nc(C(F)F)cc(-c4cnn(C)c4C)c23)n1. The lowest BCUT2D eigenvalue weighted by Gasteiger charge is -2.12. The molecule has 0 unspecified atom stereocenters. The number of hydrogen-bond acceptors (Lipinski definition) is 6. The van der Waals surface area contributed by atoms with Crippen LogP contribution in [-0.4, -0.2) is 36.4 Å². The molecule has 0 radical (unpaired) electrons. The first-order chi connectivity index (χ1) is 16.8. The van der Waals surface area contributed by atoms with Gasteiger partial charge in [-0.3, -0.25) is 19.0 Å². The number of primary amides is 1. The highest BCUT2D eigenvalue weighted by molar-refractivity contribution is 7.21. The molecule has 0 atom stereocenters. The first-order valence-electron chi connectivity index (χ1n) is 10.2. The summed E-state index contributed by atoms with van der Waals surface area (Å²) in [6.07, 6.45) is -6.27. The fourth-order valence-corrected chi connectivity index (χ4v) is 4.72. The Hall–Kier alpha value is -3.88. The van der Waals surface area contributed by atoms with Crippen LogP contribution in [0.2, 0.25) is 0 Å². The molecule has 0 saturated carbocycles. The average molecular weight is 527 g/mol. The van der Waals surface area contributed by atoms with Crippen LogP contribution in [0.5, 0.6) is 0 Å². The van der Waals surface area contributed by atoms with Gasteiger partial charge >= 0.3 is 6.18 Å². The molecule has 0 aliphatic rings. The van der Waals surface area contributed by atoms with Gasteiger partial charge in [0.25, 0.3) is 12.3 Å². The number of aromatic nitrogens is 5. The smallest absolute Gasteiger partial charge is 0.365 e.